The summed E-state index contributed by atoms with van der Waals surface area (Å²) in [6.45, 7) is 10.1. The van der Waals surface area contributed by atoms with E-state index in [9.17, 15) is 4.79 Å². The van der Waals surface area contributed by atoms with Crippen LogP contribution in [0.25, 0.3) is 0 Å². The van der Waals surface area contributed by atoms with Crippen molar-refractivity contribution in [2.24, 2.45) is 0 Å². The average Bonchev–Trinajstić information content (AvgIpc) is 3.38. The third-order valence-corrected chi connectivity index (χ3v) is 6.23. The largest absolute Gasteiger partial charge is 0.494 e. The van der Waals surface area contributed by atoms with Gasteiger partial charge in [0.05, 0.1) is 43.1 Å². The number of benzene rings is 2. The first kappa shape index (κ1) is 25.6. The molecule has 8 heteroatoms. The molecule has 0 saturated carbocycles. The molecule has 1 aromatic heterocycles. The molecule has 1 aliphatic heterocycles. The van der Waals surface area contributed by atoms with Crippen LogP contribution in [-0.4, -0.2) is 58.9 Å². The first-order valence-electron chi connectivity index (χ1n) is 12.7. The maximum absolute atomic E-state index is 13.7. The van der Waals surface area contributed by atoms with E-state index in [0.29, 0.717) is 19.7 Å². The number of para-hydroxylation sites is 3. The average molecular weight is 492 g/mol. The lowest BCUT2D eigenvalue weighted by Gasteiger charge is -2.37. The zero-order chi connectivity index (χ0) is 25.3. The Morgan fingerprint density at radius 2 is 1.89 bits per heavy atom. The summed E-state index contributed by atoms with van der Waals surface area (Å²) in [5.41, 5.74) is 2.81. The fourth-order valence-corrected chi connectivity index (χ4v) is 4.68. The third kappa shape index (κ3) is 6.79. The molecule has 0 radical (unpaired) electrons. The second kappa shape index (κ2) is 12.4. The Balaban J connectivity index is 1.52. The number of imidazole rings is 1. The van der Waals surface area contributed by atoms with E-state index in [-0.39, 0.29) is 18.2 Å². The zero-order valence-corrected chi connectivity index (χ0v) is 21.5. The van der Waals surface area contributed by atoms with Crippen LogP contribution in [0.2, 0.25) is 0 Å². The molecule has 4 rings (SSSR count). The van der Waals surface area contributed by atoms with E-state index in [1.807, 2.05) is 65.1 Å². The highest BCUT2D eigenvalue weighted by Gasteiger charge is 2.25. The number of rotatable bonds is 10. The van der Waals surface area contributed by atoms with Gasteiger partial charge in [-0.05, 0) is 45.4 Å². The Labute approximate surface area is 213 Å². The number of anilines is 2. The van der Waals surface area contributed by atoms with Gasteiger partial charge >= 0.3 is 6.03 Å². The number of hydrogen-bond acceptors (Lipinski definition) is 5. The molecule has 36 heavy (non-hydrogen) atoms. The molecule has 1 fully saturated rings. The van der Waals surface area contributed by atoms with Crippen molar-refractivity contribution in [1.82, 2.24) is 14.5 Å². The number of urea groups is 1. The van der Waals surface area contributed by atoms with E-state index in [1.165, 1.54) is 0 Å². The van der Waals surface area contributed by atoms with Crippen molar-refractivity contribution < 1.29 is 14.3 Å². The van der Waals surface area contributed by atoms with Crippen LogP contribution in [0.5, 0.6) is 5.75 Å². The molecule has 1 aliphatic rings. The normalized spacial score (nSPS) is 17.6. The van der Waals surface area contributed by atoms with Crippen molar-refractivity contribution in [1.29, 1.82) is 0 Å². The van der Waals surface area contributed by atoms with Gasteiger partial charge in [0, 0.05) is 44.1 Å². The lowest BCUT2D eigenvalue weighted by Crippen LogP contribution is -2.46. The number of carbonyl (C=O) groups excluding carboxylic acids is 1. The van der Waals surface area contributed by atoms with Gasteiger partial charge in [0.1, 0.15) is 5.75 Å². The summed E-state index contributed by atoms with van der Waals surface area (Å²) in [6.07, 6.45) is 6.58. The topological polar surface area (TPSA) is 71.9 Å². The number of aromatic nitrogens is 2. The highest BCUT2D eigenvalue weighted by molar-refractivity contribution is 5.93. The van der Waals surface area contributed by atoms with Gasteiger partial charge in [0.25, 0.3) is 0 Å². The van der Waals surface area contributed by atoms with Crippen molar-refractivity contribution >= 4 is 17.4 Å². The Bertz CT molecular complexity index is 1090. The van der Waals surface area contributed by atoms with Gasteiger partial charge in [-0.15, -0.1) is 0 Å². The number of nitrogens with one attached hydrogen (secondary N) is 1. The standard InChI is InChI=1S/C28H37N5O3/c1-4-35-27-13-8-5-10-24(27)20-32(16-9-15-31-17-14-29-21-31)28(34)30-25-11-6-7-12-26(25)33-18-22(2)36-23(3)19-33/h5-8,10-14,17,21-23H,4,9,15-16,18-20H2,1-3H3,(H,30,34). The fraction of sp³-hybridized carbons (Fsp3) is 0.429. The summed E-state index contributed by atoms with van der Waals surface area (Å²) >= 11 is 0. The van der Waals surface area contributed by atoms with Gasteiger partial charge in [0.2, 0.25) is 0 Å². The van der Waals surface area contributed by atoms with E-state index < -0.39 is 0 Å². The van der Waals surface area contributed by atoms with Crippen molar-refractivity contribution in [3.63, 3.8) is 0 Å². The van der Waals surface area contributed by atoms with Crippen LogP contribution >= 0.6 is 0 Å². The molecule has 0 bridgehead atoms. The van der Waals surface area contributed by atoms with Crippen LogP contribution in [-0.2, 0) is 17.8 Å². The molecule has 2 heterocycles. The fourth-order valence-electron chi connectivity index (χ4n) is 4.68. The van der Waals surface area contributed by atoms with Crippen LogP contribution in [0.4, 0.5) is 16.2 Å². The number of ether oxygens (including phenoxy) is 2. The number of hydrogen-bond donors (Lipinski definition) is 1. The minimum atomic E-state index is -0.131. The summed E-state index contributed by atoms with van der Waals surface area (Å²) in [6, 6.07) is 15.8. The first-order valence-corrected chi connectivity index (χ1v) is 12.7. The van der Waals surface area contributed by atoms with Crippen LogP contribution < -0.4 is 15.0 Å². The van der Waals surface area contributed by atoms with Crippen molar-refractivity contribution in [3.8, 4) is 5.75 Å². The molecule has 1 saturated heterocycles. The van der Waals surface area contributed by atoms with Crippen LogP contribution in [0, 0.1) is 0 Å². The smallest absolute Gasteiger partial charge is 0.322 e. The second-order valence-corrected chi connectivity index (χ2v) is 9.23. The predicted molar refractivity (Wildman–Crippen MR) is 143 cm³/mol. The molecule has 192 valence electrons. The first-order chi connectivity index (χ1) is 17.5. The molecule has 0 aliphatic carbocycles. The second-order valence-electron chi connectivity index (χ2n) is 9.23. The number of amides is 2. The highest BCUT2D eigenvalue weighted by Crippen LogP contribution is 2.29. The summed E-state index contributed by atoms with van der Waals surface area (Å²) in [5, 5.41) is 3.20. The summed E-state index contributed by atoms with van der Waals surface area (Å²) in [5.74, 6) is 0.809. The van der Waals surface area contributed by atoms with Crippen LogP contribution in [0.15, 0.2) is 67.3 Å². The zero-order valence-electron chi connectivity index (χ0n) is 21.5. The summed E-state index contributed by atoms with van der Waals surface area (Å²) in [4.78, 5) is 21.9. The molecule has 8 nitrogen and oxygen atoms in total. The van der Waals surface area contributed by atoms with Gasteiger partial charge in [0.15, 0.2) is 0 Å². The molecule has 2 aromatic carbocycles. The minimum Gasteiger partial charge on any atom is -0.494 e. The molecule has 1 N–H and O–H groups in total. The Kier molecular flexibility index (Phi) is 8.84. The van der Waals surface area contributed by atoms with Gasteiger partial charge in [-0.1, -0.05) is 30.3 Å². The number of morpholine rings is 1. The maximum Gasteiger partial charge on any atom is 0.322 e. The van der Waals surface area contributed by atoms with Crippen LogP contribution in [0.3, 0.4) is 0 Å². The Morgan fingerprint density at radius 3 is 2.64 bits per heavy atom. The molecule has 2 atom stereocenters. The summed E-state index contributed by atoms with van der Waals surface area (Å²) < 4.78 is 13.8. The van der Waals surface area contributed by atoms with E-state index >= 15 is 0 Å². The SMILES string of the molecule is CCOc1ccccc1CN(CCCn1ccnc1)C(=O)Nc1ccccc1N1CC(C)OC(C)C1. The Morgan fingerprint density at radius 1 is 1.14 bits per heavy atom. The number of nitrogens with zero attached hydrogens (tertiary/aromatic N) is 4. The number of carbonyl (C=O) groups is 1. The highest BCUT2D eigenvalue weighted by atomic mass is 16.5. The predicted octanol–water partition coefficient (Wildman–Crippen LogP) is 5.02. The summed E-state index contributed by atoms with van der Waals surface area (Å²) in [7, 11) is 0. The molecular weight excluding hydrogens is 454 g/mol. The van der Waals surface area contributed by atoms with Crippen molar-refractivity contribution in [2.45, 2.75) is 52.5 Å². The molecular formula is C28H37N5O3. The maximum atomic E-state index is 13.7. The van der Waals surface area contributed by atoms with Crippen molar-refractivity contribution in [2.75, 3.05) is 36.5 Å². The lowest BCUT2D eigenvalue weighted by molar-refractivity contribution is -0.00517. The lowest BCUT2D eigenvalue weighted by atomic mass is 10.1. The van der Waals surface area contributed by atoms with Crippen molar-refractivity contribution in [3.05, 3.63) is 72.8 Å². The molecule has 2 unspecified atom stereocenters. The molecule has 2 amide bonds. The minimum absolute atomic E-state index is 0.131. The molecule has 3 aromatic rings. The van der Waals surface area contributed by atoms with E-state index in [4.69, 9.17) is 9.47 Å². The van der Waals surface area contributed by atoms with Gasteiger partial charge in [-0.2, -0.15) is 0 Å². The van der Waals surface area contributed by atoms with Gasteiger partial charge in [-0.3, -0.25) is 0 Å². The van der Waals surface area contributed by atoms with E-state index in [2.05, 4.69) is 35.1 Å². The van der Waals surface area contributed by atoms with Gasteiger partial charge < -0.3 is 29.2 Å². The van der Waals surface area contributed by atoms with Crippen LogP contribution in [0.1, 0.15) is 32.8 Å². The monoisotopic (exact) mass is 491 g/mol. The number of aryl methyl sites for hydroxylation is 1. The van der Waals surface area contributed by atoms with Gasteiger partial charge in [-0.25, -0.2) is 9.78 Å². The third-order valence-electron chi connectivity index (χ3n) is 6.23. The Hall–Kier alpha value is -3.52. The van der Waals surface area contributed by atoms with E-state index in [1.54, 1.807) is 12.5 Å². The molecule has 0 spiro atoms. The quantitative estimate of drug-likeness (QED) is 0.431. The van der Waals surface area contributed by atoms with E-state index in [0.717, 1.165) is 48.7 Å².